The van der Waals surface area contributed by atoms with E-state index >= 15 is 0 Å². The maximum absolute atomic E-state index is 4.37. The van der Waals surface area contributed by atoms with Gasteiger partial charge in [-0.25, -0.2) is 0 Å². The highest BCUT2D eigenvalue weighted by atomic mass is 15.1. The van der Waals surface area contributed by atoms with Gasteiger partial charge in [0.15, 0.2) is 0 Å². The third kappa shape index (κ3) is 3.32. The van der Waals surface area contributed by atoms with Gasteiger partial charge < -0.3 is 4.90 Å². The fourth-order valence-electron chi connectivity index (χ4n) is 3.02. The fourth-order valence-corrected chi connectivity index (χ4v) is 3.02. The molecule has 2 fully saturated rings. The molecule has 0 N–H and O–H groups in total. The van der Waals surface area contributed by atoms with Gasteiger partial charge in [0, 0.05) is 31.4 Å². The summed E-state index contributed by atoms with van der Waals surface area (Å²) in [5.74, 6) is 2.20. The third-order valence-corrected chi connectivity index (χ3v) is 4.37. The number of rotatable bonds is 3. The molecule has 0 radical (unpaired) electrons. The van der Waals surface area contributed by atoms with Gasteiger partial charge in [0.1, 0.15) is 0 Å². The molecular formula is C16H26N2. The minimum absolute atomic E-state index is 0.661. The van der Waals surface area contributed by atoms with Crippen LogP contribution in [0.2, 0.25) is 0 Å². The summed E-state index contributed by atoms with van der Waals surface area (Å²) in [5.41, 5.74) is 1.68. The number of piperidine rings is 1. The second-order valence-electron chi connectivity index (χ2n) is 5.86. The zero-order chi connectivity index (χ0) is 13.0. The van der Waals surface area contributed by atoms with Crippen molar-refractivity contribution in [1.82, 2.24) is 4.90 Å². The first kappa shape index (κ1) is 13.5. The van der Waals surface area contributed by atoms with E-state index in [4.69, 9.17) is 0 Å². The SMILES string of the molecule is C/C=C\N=CC1C(C)CC1C=C1CCN(C)CC1. The lowest BCUT2D eigenvalue weighted by molar-refractivity contribution is 0.195. The Balaban J connectivity index is 1.91. The first-order valence-electron chi connectivity index (χ1n) is 7.23. The molecule has 0 amide bonds. The van der Waals surface area contributed by atoms with Crippen LogP contribution in [0.15, 0.2) is 28.9 Å². The van der Waals surface area contributed by atoms with Crippen LogP contribution in [0, 0.1) is 17.8 Å². The number of hydrogen-bond donors (Lipinski definition) is 0. The summed E-state index contributed by atoms with van der Waals surface area (Å²) in [6.45, 7) is 6.81. The van der Waals surface area contributed by atoms with Gasteiger partial charge in [0.2, 0.25) is 0 Å². The molecule has 0 aromatic carbocycles. The number of allylic oxidation sites excluding steroid dienone is 2. The van der Waals surface area contributed by atoms with E-state index in [0.717, 1.165) is 11.8 Å². The predicted octanol–water partition coefficient (Wildman–Crippen LogP) is 3.52. The van der Waals surface area contributed by atoms with Gasteiger partial charge in [-0.3, -0.25) is 4.99 Å². The van der Waals surface area contributed by atoms with E-state index in [2.05, 4.69) is 36.2 Å². The van der Waals surface area contributed by atoms with Crippen molar-refractivity contribution in [3.05, 3.63) is 23.9 Å². The van der Waals surface area contributed by atoms with E-state index in [-0.39, 0.29) is 0 Å². The monoisotopic (exact) mass is 246 g/mol. The lowest BCUT2D eigenvalue weighted by Crippen LogP contribution is -2.35. The van der Waals surface area contributed by atoms with Gasteiger partial charge in [0.05, 0.1) is 0 Å². The molecule has 0 aromatic rings. The summed E-state index contributed by atoms with van der Waals surface area (Å²) in [7, 11) is 2.22. The highest BCUT2D eigenvalue weighted by Crippen LogP contribution is 2.41. The molecule has 1 heterocycles. The Morgan fingerprint density at radius 1 is 1.28 bits per heavy atom. The first-order chi connectivity index (χ1) is 8.70. The minimum atomic E-state index is 0.661. The Hall–Kier alpha value is -0.890. The zero-order valence-electron chi connectivity index (χ0n) is 12.0. The highest BCUT2D eigenvalue weighted by molar-refractivity contribution is 5.64. The van der Waals surface area contributed by atoms with Gasteiger partial charge >= 0.3 is 0 Å². The molecule has 3 atom stereocenters. The minimum Gasteiger partial charge on any atom is -0.306 e. The van der Waals surface area contributed by atoms with Gasteiger partial charge in [-0.1, -0.05) is 24.6 Å². The number of nitrogens with zero attached hydrogens (tertiary/aromatic N) is 2. The first-order valence-corrected chi connectivity index (χ1v) is 7.23. The van der Waals surface area contributed by atoms with Crippen molar-refractivity contribution in [1.29, 1.82) is 0 Å². The fraction of sp³-hybridized carbons (Fsp3) is 0.688. The largest absolute Gasteiger partial charge is 0.306 e. The molecule has 0 aromatic heterocycles. The summed E-state index contributed by atoms with van der Waals surface area (Å²) in [5, 5.41) is 0. The molecule has 2 nitrogen and oxygen atoms in total. The van der Waals surface area contributed by atoms with Crippen molar-refractivity contribution in [3.63, 3.8) is 0 Å². The second-order valence-corrected chi connectivity index (χ2v) is 5.86. The van der Waals surface area contributed by atoms with Gasteiger partial charge in [-0.05, 0) is 45.1 Å². The molecule has 100 valence electrons. The Morgan fingerprint density at radius 3 is 2.61 bits per heavy atom. The van der Waals surface area contributed by atoms with Crippen LogP contribution in [-0.2, 0) is 0 Å². The summed E-state index contributed by atoms with van der Waals surface area (Å²) >= 11 is 0. The Labute approximate surface area is 111 Å². The van der Waals surface area contributed by atoms with Crippen LogP contribution in [-0.4, -0.2) is 31.3 Å². The van der Waals surface area contributed by atoms with Gasteiger partial charge in [-0.2, -0.15) is 0 Å². The summed E-state index contributed by atoms with van der Waals surface area (Å²) in [6, 6.07) is 0. The van der Waals surface area contributed by atoms with Gasteiger partial charge in [0.25, 0.3) is 0 Å². The molecule has 2 rings (SSSR count). The van der Waals surface area contributed by atoms with Crippen LogP contribution in [0.5, 0.6) is 0 Å². The normalized spacial score (nSPS) is 34.2. The average molecular weight is 246 g/mol. The number of hydrogen-bond acceptors (Lipinski definition) is 2. The Bertz CT molecular complexity index is 344. The molecule has 0 spiro atoms. The maximum atomic E-state index is 4.37. The van der Waals surface area contributed by atoms with Crippen LogP contribution in [0.1, 0.15) is 33.1 Å². The molecular weight excluding hydrogens is 220 g/mol. The van der Waals surface area contributed by atoms with Crippen molar-refractivity contribution < 1.29 is 0 Å². The lowest BCUT2D eigenvalue weighted by atomic mass is 9.65. The van der Waals surface area contributed by atoms with Crippen LogP contribution in [0.25, 0.3) is 0 Å². The summed E-state index contributed by atoms with van der Waals surface area (Å²) in [6.07, 6.45) is 12.5. The molecule has 0 bridgehead atoms. The van der Waals surface area contributed by atoms with E-state index in [1.807, 2.05) is 19.2 Å². The summed E-state index contributed by atoms with van der Waals surface area (Å²) in [4.78, 5) is 6.80. The standard InChI is InChI=1S/C16H26N2/c1-4-7-17-12-16-13(2)10-15(16)11-14-5-8-18(3)9-6-14/h4,7,11-13,15-16H,5-6,8-10H2,1-3H3/b7-4-,17-12?. The van der Waals surface area contributed by atoms with Crippen LogP contribution in [0.4, 0.5) is 0 Å². The van der Waals surface area contributed by atoms with E-state index in [0.29, 0.717) is 5.92 Å². The third-order valence-electron chi connectivity index (χ3n) is 4.37. The average Bonchev–Trinajstić information content (AvgIpc) is 2.36. The zero-order valence-corrected chi connectivity index (χ0v) is 12.0. The van der Waals surface area contributed by atoms with E-state index in [9.17, 15) is 0 Å². The molecule has 1 saturated heterocycles. The summed E-state index contributed by atoms with van der Waals surface area (Å²) < 4.78 is 0. The van der Waals surface area contributed by atoms with Crippen LogP contribution < -0.4 is 0 Å². The van der Waals surface area contributed by atoms with Crippen LogP contribution in [0.3, 0.4) is 0 Å². The molecule has 1 aliphatic heterocycles. The van der Waals surface area contributed by atoms with Crippen molar-refractivity contribution in [2.24, 2.45) is 22.7 Å². The van der Waals surface area contributed by atoms with Crippen molar-refractivity contribution in [2.45, 2.75) is 33.1 Å². The maximum Gasteiger partial charge on any atom is 0.0221 e. The van der Waals surface area contributed by atoms with Crippen molar-refractivity contribution >= 4 is 6.21 Å². The number of aliphatic imine (C=N–C) groups is 1. The molecule has 18 heavy (non-hydrogen) atoms. The topological polar surface area (TPSA) is 15.6 Å². The predicted molar refractivity (Wildman–Crippen MR) is 78.9 cm³/mol. The Morgan fingerprint density at radius 2 is 2.00 bits per heavy atom. The molecule has 2 heteroatoms. The molecule has 2 aliphatic rings. The van der Waals surface area contributed by atoms with Crippen molar-refractivity contribution in [2.75, 3.05) is 20.1 Å². The molecule has 1 saturated carbocycles. The molecule has 1 aliphatic carbocycles. The highest BCUT2D eigenvalue weighted by Gasteiger charge is 2.35. The number of likely N-dealkylation sites (tertiary alicyclic amines) is 1. The van der Waals surface area contributed by atoms with Crippen molar-refractivity contribution in [3.8, 4) is 0 Å². The van der Waals surface area contributed by atoms with E-state index in [1.54, 1.807) is 5.57 Å². The van der Waals surface area contributed by atoms with Gasteiger partial charge in [-0.15, -0.1) is 0 Å². The smallest absolute Gasteiger partial charge is 0.0221 e. The van der Waals surface area contributed by atoms with Crippen LogP contribution >= 0.6 is 0 Å². The lowest BCUT2D eigenvalue weighted by Gasteiger charge is -2.40. The second kappa shape index (κ2) is 6.33. The quantitative estimate of drug-likeness (QED) is 0.549. The van der Waals surface area contributed by atoms with E-state index < -0.39 is 0 Å². The molecule has 3 unspecified atom stereocenters. The Kier molecular flexibility index (Phi) is 4.76. The van der Waals surface area contributed by atoms with E-state index in [1.165, 1.54) is 32.4 Å².